The van der Waals surface area contributed by atoms with Crippen molar-refractivity contribution in [3.05, 3.63) is 30.6 Å². The number of benzene rings is 1. The van der Waals surface area contributed by atoms with E-state index in [-0.39, 0.29) is 4.90 Å². The van der Waals surface area contributed by atoms with Gasteiger partial charge in [0.25, 0.3) is 0 Å². The van der Waals surface area contributed by atoms with Crippen molar-refractivity contribution in [3.63, 3.8) is 0 Å². The molecular formula is C24H45N8O2S+3. The molecule has 2 rings (SSSR count). The summed E-state index contributed by atoms with van der Waals surface area (Å²) in [6.07, 6.45) is 5.34. The van der Waals surface area contributed by atoms with Gasteiger partial charge in [0.1, 0.15) is 10.6 Å². The summed E-state index contributed by atoms with van der Waals surface area (Å²) in [7, 11) is 14.5. The fourth-order valence-corrected chi connectivity index (χ4v) is 5.49. The van der Waals surface area contributed by atoms with Crippen LogP contribution in [0, 0.1) is 0 Å². The van der Waals surface area contributed by atoms with E-state index in [1.807, 2.05) is 35.6 Å². The molecule has 0 fully saturated rings. The zero-order valence-electron chi connectivity index (χ0n) is 23.0. The fraction of sp³-hybridized carbons (Fsp3) is 0.625. The normalized spacial score (nSPS) is 13.2. The molecule has 0 radical (unpaired) electrons. The highest BCUT2D eigenvalue weighted by molar-refractivity contribution is 7.89. The highest BCUT2D eigenvalue weighted by atomic mass is 32.2. The first-order valence-corrected chi connectivity index (χ1v) is 13.4. The summed E-state index contributed by atoms with van der Waals surface area (Å²) in [6, 6.07) is 5.14. The van der Waals surface area contributed by atoms with E-state index in [2.05, 4.69) is 57.8 Å². The number of imidazole rings is 1. The molecule has 0 aliphatic rings. The number of aryl methyl sites for hydroxylation is 2. The van der Waals surface area contributed by atoms with Crippen LogP contribution in [0.2, 0.25) is 0 Å². The van der Waals surface area contributed by atoms with Crippen molar-refractivity contribution >= 4 is 27.3 Å². The second-order valence-electron chi connectivity index (χ2n) is 11.1. The molecule has 196 valence electrons. The lowest BCUT2D eigenvalue weighted by Crippen LogP contribution is -2.41. The molecule has 0 aliphatic heterocycles. The van der Waals surface area contributed by atoms with Crippen LogP contribution in [0.3, 0.4) is 0 Å². The van der Waals surface area contributed by atoms with Crippen molar-refractivity contribution in [2.45, 2.75) is 17.7 Å². The van der Waals surface area contributed by atoms with Gasteiger partial charge in [-0.15, -0.1) is 0 Å². The lowest BCUT2D eigenvalue weighted by molar-refractivity contribution is -0.870. The molecule has 1 heterocycles. The average molecular weight is 510 g/mol. The Hall–Kier alpha value is -2.34. The molecule has 0 spiro atoms. The number of azo groups is 1. The van der Waals surface area contributed by atoms with Crippen molar-refractivity contribution in [3.8, 4) is 0 Å². The Labute approximate surface area is 211 Å². The lowest BCUT2D eigenvalue weighted by atomic mass is 10.3. The van der Waals surface area contributed by atoms with Gasteiger partial charge in [-0.1, -0.05) is 5.11 Å². The van der Waals surface area contributed by atoms with Crippen LogP contribution in [0.4, 0.5) is 17.3 Å². The van der Waals surface area contributed by atoms with Gasteiger partial charge in [-0.2, -0.15) is 4.31 Å². The maximum Gasteiger partial charge on any atom is 0.421 e. The van der Waals surface area contributed by atoms with Gasteiger partial charge in [0.05, 0.1) is 87.6 Å². The SMILES string of the molecule is CNc1ccc(N=Nc2n(C)cc[n+]2C)cc1S(=O)(=O)N(CCC[N+](C)(C)C)CCC[N+](C)(C)C. The minimum absolute atomic E-state index is 0.225. The summed E-state index contributed by atoms with van der Waals surface area (Å²) >= 11 is 0. The third-order valence-corrected chi connectivity index (χ3v) is 7.66. The summed E-state index contributed by atoms with van der Waals surface area (Å²) in [5, 5.41) is 11.7. The number of aromatic nitrogens is 2. The molecule has 0 saturated carbocycles. The fourth-order valence-electron chi connectivity index (χ4n) is 3.75. The van der Waals surface area contributed by atoms with Crippen molar-refractivity contribution in [1.29, 1.82) is 0 Å². The van der Waals surface area contributed by atoms with Crippen molar-refractivity contribution < 1.29 is 22.0 Å². The topological polar surface area (TPSA) is 82.9 Å². The summed E-state index contributed by atoms with van der Waals surface area (Å²) in [6.45, 7) is 2.73. The van der Waals surface area contributed by atoms with Gasteiger partial charge in [-0.05, 0) is 18.2 Å². The molecule has 0 unspecified atom stereocenters. The second-order valence-corrected chi connectivity index (χ2v) is 13.0. The first kappa shape index (κ1) is 28.9. The first-order valence-electron chi connectivity index (χ1n) is 12.0. The Morgan fingerprint density at radius 3 is 2.03 bits per heavy atom. The van der Waals surface area contributed by atoms with Gasteiger partial charge in [0.15, 0.2) is 0 Å². The predicted molar refractivity (Wildman–Crippen MR) is 141 cm³/mol. The van der Waals surface area contributed by atoms with Crippen molar-refractivity contribution in [2.75, 3.05) is 80.8 Å². The molecule has 0 amide bonds. The molecule has 0 atom stereocenters. The quantitative estimate of drug-likeness (QED) is 0.256. The monoisotopic (exact) mass is 509 g/mol. The smallest absolute Gasteiger partial charge is 0.387 e. The van der Waals surface area contributed by atoms with Gasteiger partial charge in [0.2, 0.25) is 10.0 Å². The third-order valence-electron chi connectivity index (χ3n) is 5.72. The number of nitrogens with zero attached hydrogens (tertiary/aromatic N) is 7. The van der Waals surface area contributed by atoms with E-state index in [1.165, 1.54) is 0 Å². The standard InChI is InChI=1S/C24H44N8O2S/c1-25-22-13-12-21(26-27-24-28(2)16-17-29(24)3)20-23(22)35(33,34)30(14-10-18-31(4,5)6)15-11-19-32(7,8)9/h12-13,16-17,20H,10-11,14-15,18-19H2,1-9H3/q+2/p+1. The van der Waals surface area contributed by atoms with Crippen LogP contribution < -0.4 is 9.88 Å². The molecule has 1 N–H and O–H groups in total. The molecule has 10 nitrogen and oxygen atoms in total. The Balaban J connectivity index is 2.38. The number of nitrogens with one attached hydrogen (secondary N) is 1. The van der Waals surface area contributed by atoms with E-state index >= 15 is 0 Å². The summed E-state index contributed by atoms with van der Waals surface area (Å²) in [5.41, 5.74) is 1.04. The van der Waals surface area contributed by atoms with E-state index < -0.39 is 10.0 Å². The number of sulfonamides is 1. The lowest BCUT2D eigenvalue weighted by Gasteiger charge is -2.29. The van der Waals surface area contributed by atoms with E-state index in [9.17, 15) is 8.42 Å². The van der Waals surface area contributed by atoms with Crippen LogP contribution in [0.15, 0.2) is 45.7 Å². The molecule has 11 heteroatoms. The van der Waals surface area contributed by atoms with Gasteiger partial charge >= 0.3 is 5.95 Å². The minimum Gasteiger partial charge on any atom is -0.387 e. The molecule has 0 aliphatic carbocycles. The third kappa shape index (κ3) is 8.68. The number of hydrogen-bond acceptors (Lipinski definition) is 5. The molecule has 1 aromatic heterocycles. The zero-order chi connectivity index (χ0) is 26.4. The summed E-state index contributed by atoms with van der Waals surface area (Å²) in [5.74, 6) is 0.661. The van der Waals surface area contributed by atoms with Gasteiger partial charge in [0, 0.05) is 38.1 Å². The Morgan fingerprint density at radius 1 is 1.00 bits per heavy atom. The summed E-state index contributed by atoms with van der Waals surface area (Å²) in [4.78, 5) is 0.225. The highest BCUT2D eigenvalue weighted by Gasteiger charge is 2.28. The number of anilines is 1. The Bertz CT molecular complexity index is 1070. The highest BCUT2D eigenvalue weighted by Crippen LogP contribution is 2.30. The predicted octanol–water partition coefficient (Wildman–Crippen LogP) is 2.49. The first-order chi connectivity index (χ1) is 16.1. The van der Waals surface area contributed by atoms with Crippen LogP contribution >= 0.6 is 0 Å². The Kier molecular flexibility index (Phi) is 9.57. The van der Waals surface area contributed by atoms with Gasteiger partial charge < -0.3 is 14.3 Å². The van der Waals surface area contributed by atoms with Crippen LogP contribution in [0.1, 0.15) is 12.8 Å². The zero-order valence-corrected chi connectivity index (χ0v) is 23.8. The largest absolute Gasteiger partial charge is 0.421 e. The molecule has 35 heavy (non-hydrogen) atoms. The molecule has 1 aromatic carbocycles. The van der Waals surface area contributed by atoms with Crippen LogP contribution in [0.5, 0.6) is 0 Å². The van der Waals surface area contributed by atoms with E-state index in [0.717, 1.165) is 34.9 Å². The van der Waals surface area contributed by atoms with Crippen molar-refractivity contribution in [2.24, 2.45) is 24.3 Å². The van der Waals surface area contributed by atoms with Crippen LogP contribution in [-0.4, -0.2) is 102 Å². The average Bonchev–Trinajstić information content (AvgIpc) is 3.06. The second kappa shape index (κ2) is 11.6. The van der Waals surface area contributed by atoms with E-state index in [1.54, 1.807) is 29.6 Å². The molecular weight excluding hydrogens is 464 g/mol. The summed E-state index contributed by atoms with van der Waals surface area (Å²) < 4.78 is 34.7. The van der Waals surface area contributed by atoms with Crippen LogP contribution in [0.25, 0.3) is 0 Å². The number of hydrogen-bond donors (Lipinski definition) is 1. The number of rotatable bonds is 13. The Morgan fingerprint density at radius 2 is 1.57 bits per heavy atom. The maximum atomic E-state index is 13.9. The van der Waals surface area contributed by atoms with Crippen LogP contribution in [-0.2, 0) is 24.1 Å². The van der Waals surface area contributed by atoms with Gasteiger partial charge in [-0.3, -0.25) is 0 Å². The van der Waals surface area contributed by atoms with Crippen molar-refractivity contribution in [1.82, 2.24) is 8.87 Å². The molecule has 0 bridgehead atoms. The van der Waals surface area contributed by atoms with E-state index in [4.69, 9.17) is 0 Å². The van der Waals surface area contributed by atoms with E-state index in [0.29, 0.717) is 30.4 Å². The van der Waals surface area contributed by atoms with Gasteiger partial charge in [-0.25, -0.2) is 17.6 Å². The molecule has 2 aromatic rings. The minimum atomic E-state index is -3.75. The molecule has 0 saturated heterocycles. The number of quaternary nitrogens is 2. The maximum absolute atomic E-state index is 13.9.